The summed E-state index contributed by atoms with van der Waals surface area (Å²) in [5.41, 5.74) is 6.25. The van der Waals surface area contributed by atoms with Gasteiger partial charge >= 0.3 is 0 Å². The fourth-order valence-electron chi connectivity index (χ4n) is 4.14. The van der Waals surface area contributed by atoms with Gasteiger partial charge in [-0.25, -0.2) is 9.50 Å². The molecule has 0 saturated heterocycles. The molecule has 3 aromatic carbocycles. The molecule has 0 aliphatic rings. The van der Waals surface area contributed by atoms with Gasteiger partial charge in [-0.05, 0) is 24.5 Å². The maximum atomic E-state index is 13.8. The van der Waals surface area contributed by atoms with Crippen LogP contribution in [0.1, 0.15) is 27.2 Å². The number of aromatic nitrogens is 3. The average molecular weight is 447 g/mol. The fraction of sp³-hybridized carbons (Fsp3) is 0.138. The topological polar surface area (TPSA) is 50.5 Å². The first-order chi connectivity index (χ1) is 16.7. The Balaban J connectivity index is 1.46. The van der Waals surface area contributed by atoms with Crippen molar-refractivity contribution in [2.24, 2.45) is 0 Å². The number of benzene rings is 3. The normalized spacial score (nSPS) is 11.0. The Labute approximate surface area is 199 Å². The molecule has 5 heteroatoms. The first-order valence-electron chi connectivity index (χ1n) is 11.5. The van der Waals surface area contributed by atoms with E-state index in [1.165, 1.54) is 5.56 Å². The van der Waals surface area contributed by atoms with Crippen LogP contribution >= 0.6 is 0 Å². The summed E-state index contributed by atoms with van der Waals surface area (Å²) in [5, 5.41) is 4.75. The second kappa shape index (κ2) is 9.71. The van der Waals surface area contributed by atoms with Crippen LogP contribution in [-0.2, 0) is 13.0 Å². The number of carbonyl (C=O) groups excluding carboxylic acids is 1. The third kappa shape index (κ3) is 4.59. The number of fused-ring (bicyclic) bond motifs is 1. The highest BCUT2D eigenvalue weighted by atomic mass is 16.2. The summed E-state index contributed by atoms with van der Waals surface area (Å²) in [6.45, 7) is 3.09. The lowest BCUT2D eigenvalue weighted by atomic mass is 10.1. The Bertz CT molecular complexity index is 1400. The zero-order chi connectivity index (χ0) is 23.3. The van der Waals surface area contributed by atoms with Crippen molar-refractivity contribution in [1.82, 2.24) is 19.5 Å². The van der Waals surface area contributed by atoms with Crippen LogP contribution < -0.4 is 0 Å². The van der Waals surface area contributed by atoms with Crippen LogP contribution in [0, 0.1) is 6.92 Å². The summed E-state index contributed by atoms with van der Waals surface area (Å²) in [6.07, 6.45) is 2.47. The number of amides is 1. The Kier molecular flexibility index (Phi) is 6.17. The summed E-state index contributed by atoms with van der Waals surface area (Å²) in [6, 6.07) is 32.3. The maximum Gasteiger partial charge on any atom is 0.257 e. The van der Waals surface area contributed by atoms with E-state index in [-0.39, 0.29) is 5.91 Å². The molecule has 2 aromatic heterocycles. The molecule has 0 bridgehead atoms. The lowest BCUT2D eigenvalue weighted by molar-refractivity contribution is 0.0743. The average Bonchev–Trinajstić information content (AvgIpc) is 3.34. The van der Waals surface area contributed by atoms with Gasteiger partial charge in [-0.3, -0.25) is 4.79 Å². The van der Waals surface area contributed by atoms with Crippen molar-refractivity contribution in [3.8, 4) is 11.3 Å². The number of rotatable bonds is 7. The predicted octanol–water partition coefficient (Wildman–Crippen LogP) is 5.59. The van der Waals surface area contributed by atoms with Crippen molar-refractivity contribution < 1.29 is 4.79 Å². The molecular formula is C29H26N4O. The molecule has 5 nitrogen and oxygen atoms in total. The smallest absolute Gasteiger partial charge is 0.257 e. The summed E-state index contributed by atoms with van der Waals surface area (Å²) in [7, 11) is 0. The van der Waals surface area contributed by atoms with E-state index in [4.69, 9.17) is 5.10 Å². The first-order valence-corrected chi connectivity index (χ1v) is 11.5. The van der Waals surface area contributed by atoms with Crippen LogP contribution in [0.3, 0.4) is 0 Å². The van der Waals surface area contributed by atoms with E-state index in [2.05, 4.69) is 29.2 Å². The number of hydrogen-bond acceptors (Lipinski definition) is 3. The van der Waals surface area contributed by atoms with Crippen LogP contribution in [0.5, 0.6) is 0 Å². The van der Waals surface area contributed by atoms with Gasteiger partial charge in [0.25, 0.3) is 5.91 Å². The van der Waals surface area contributed by atoms with Crippen LogP contribution in [0.15, 0.2) is 103 Å². The Morgan fingerprint density at radius 1 is 0.853 bits per heavy atom. The zero-order valence-corrected chi connectivity index (χ0v) is 19.1. The highest BCUT2D eigenvalue weighted by Crippen LogP contribution is 2.21. The van der Waals surface area contributed by atoms with Gasteiger partial charge in [0, 0.05) is 30.9 Å². The molecule has 5 rings (SSSR count). The highest BCUT2D eigenvalue weighted by molar-refractivity contribution is 5.95. The molecule has 0 aliphatic heterocycles. The minimum atomic E-state index is -0.0385. The molecule has 1 amide bonds. The minimum Gasteiger partial charge on any atom is -0.334 e. The molecule has 0 N–H and O–H groups in total. The molecule has 0 atom stereocenters. The Morgan fingerprint density at radius 3 is 2.15 bits per heavy atom. The third-order valence-electron chi connectivity index (χ3n) is 6.04. The largest absolute Gasteiger partial charge is 0.334 e. The van der Waals surface area contributed by atoms with Crippen molar-refractivity contribution in [2.75, 3.05) is 6.54 Å². The molecular weight excluding hydrogens is 420 g/mol. The molecule has 2 heterocycles. The van der Waals surface area contributed by atoms with Crippen molar-refractivity contribution in [1.29, 1.82) is 0 Å². The number of hydrogen-bond donors (Lipinski definition) is 0. The molecule has 0 saturated carbocycles. The lowest BCUT2D eigenvalue weighted by Gasteiger charge is -2.24. The van der Waals surface area contributed by atoms with Crippen molar-refractivity contribution in [2.45, 2.75) is 19.9 Å². The molecule has 0 radical (unpaired) electrons. The quantitative estimate of drug-likeness (QED) is 0.327. The van der Waals surface area contributed by atoms with E-state index in [0.717, 1.165) is 34.6 Å². The van der Waals surface area contributed by atoms with E-state index in [1.54, 1.807) is 10.7 Å². The molecule has 0 spiro atoms. The minimum absolute atomic E-state index is 0.0385. The predicted molar refractivity (Wildman–Crippen MR) is 134 cm³/mol. The van der Waals surface area contributed by atoms with Crippen LogP contribution in [-0.4, -0.2) is 31.9 Å². The number of aryl methyl sites for hydroxylation is 1. The maximum absolute atomic E-state index is 13.8. The van der Waals surface area contributed by atoms with Gasteiger partial charge in [0.1, 0.15) is 0 Å². The summed E-state index contributed by atoms with van der Waals surface area (Å²) in [5.74, 6) is -0.0385. The second-order valence-electron chi connectivity index (χ2n) is 8.37. The van der Waals surface area contributed by atoms with Gasteiger partial charge < -0.3 is 4.90 Å². The van der Waals surface area contributed by atoms with Gasteiger partial charge in [0.2, 0.25) is 0 Å². The molecule has 0 fully saturated rings. The molecule has 168 valence electrons. The number of carbonyl (C=O) groups is 1. The van der Waals surface area contributed by atoms with Crippen LogP contribution in [0.2, 0.25) is 0 Å². The Hall–Kier alpha value is -4.25. The van der Waals surface area contributed by atoms with E-state index >= 15 is 0 Å². The fourth-order valence-corrected chi connectivity index (χ4v) is 4.14. The van der Waals surface area contributed by atoms with E-state index in [1.807, 2.05) is 84.6 Å². The lowest BCUT2D eigenvalue weighted by Crippen LogP contribution is -2.33. The highest BCUT2D eigenvalue weighted by Gasteiger charge is 2.21. The second-order valence-corrected chi connectivity index (χ2v) is 8.37. The monoisotopic (exact) mass is 446 g/mol. The summed E-state index contributed by atoms with van der Waals surface area (Å²) in [4.78, 5) is 20.2. The van der Waals surface area contributed by atoms with Gasteiger partial charge in [0.15, 0.2) is 5.65 Å². The van der Waals surface area contributed by atoms with Crippen molar-refractivity contribution in [3.63, 3.8) is 0 Å². The van der Waals surface area contributed by atoms with Gasteiger partial charge in [-0.2, -0.15) is 5.10 Å². The van der Waals surface area contributed by atoms with Crippen molar-refractivity contribution >= 4 is 11.6 Å². The SMILES string of the molecule is Cc1c(C(=O)N(CCc2ccccc2)Cc2ccccc2)cnc2cc(-c3ccccc3)nn12. The van der Waals surface area contributed by atoms with E-state index in [0.29, 0.717) is 18.7 Å². The van der Waals surface area contributed by atoms with Crippen molar-refractivity contribution in [3.05, 3.63) is 126 Å². The third-order valence-corrected chi connectivity index (χ3v) is 6.04. The molecule has 5 aromatic rings. The molecule has 34 heavy (non-hydrogen) atoms. The molecule has 0 aliphatic carbocycles. The van der Waals surface area contributed by atoms with Crippen LogP contribution in [0.25, 0.3) is 16.9 Å². The first kappa shape index (κ1) is 21.6. The van der Waals surface area contributed by atoms with Crippen LogP contribution in [0.4, 0.5) is 0 Å². The van der Waals surface area contributed by atoms with Gasteiger partial charge in [-0.15, -0.1) is 0 Å². The summed E-state index contributed by atoms with van der Waals surface area (Å²) < 4.78 is 1.77. The van der Waals surface area contributed by atoms with E-state index < -0.39 is 0 Å². The number of nitrogens with zero attached hydrogens (tertiary/aromatic N) is 4. The Morgan fingerprint density at radius 2 is 1.47 bits per heavy atom. The van der Waals surface area contributed by atoms with E-state index in [9.17, 15) is 4.79 Å². The summed E-state index contributed by atoms with van der Waals surface area (Å²) >= 11 is 0. The zero-order valence-electron chi connectivity index (χ0n) is 19.1. The standard InChI is InChI=1S/C29H26N4O/c1-22-26(20-30-28-19-27(31-33(22)28)25-15-9-4-10-16-25)29(34)32(21-24-13-7-3-8-14-24)18-17-23-11-5-2-6-12-23/h2-16,19-20H,17-18,21H2,1H3. The van der Waals surface area contributed by atoms with Gasteiger partial charge in [0.05, 0.1) is 17.0 Å². The van der Waals surface area contributed by atoms with Gasteiger partial charge in [-0.1, -0.05) is 91.0 Å². The molecule has 0 unspecified atom stereocenters.